The van der Waals surface area contributed by atoms with Crippen molar-refractivity contribution in [3.05, 3.63) is 29.9 Å². The topological polar surface area (TPSA) is 52.1 Å². The van der Waals surface area contributed by atoms with E-state index in [1.165, 1.54) is 5.57 Å². The number of hydrogen-bond donors (Lipinski definition) is 0. The van der Waals surface area contributed by atoms with Crippen LogP contribution in [0.1, 0.15) is 37.7 Å². The molecular formula is C14H18N2O2. The highest BCUT2D eigenvalue weighted by Crippen LogP contribution is 2.29. The minimum atomic E-state index is -0.0772. The van der Waals surface area contributed by atoms with E-state index in [1.54, 1.807) is 6.20 Å². The summed E-state index contributed by atoms with van der Waals surface area (Å²) in [5, 5.41) is 0. The molecule has 0 spiro atoms. The molecule has 0 N–H and O–H groups in total. The molecule has 0 saturated heterocycles. The Morgan fingerprint density at radius 2 is 2.39 bits per heavy atom. The van der Waals surface area contributed by atoms with Crippen molar-refractivity contribution in [3.8, 4) is 0 Å². The van der Waals surface area contributed by atoms with Gasteiger partial charge in [-0.1, -0.05) is 6.08 Å². The molecule has 0 unspecified atom stereocenters. The van der Waals surface area contributed by atoms with E-state index in [-0.39, 0.29) is 11.9 Å². The third kappa shape index (κ3) is 2.94. The lowest BCUT2D eigenvalue weighted by Gasteiger charge is -2.20. The number of aryl methyl sites for hydroxylation is 1. The van der Waals surface area contributed by atoms with Crippen molar-refractivity contribution in [1.29, 1.82) is 0 Å². The second-order valence-corrected chi connectivity index (χ2v) is 4.44. The number of ether oxygens (including phenoxy) is 1. The molecule has 96 valence electrons. The third-order valence-electron chi connectivity index (χ3n) is 3.14. The first-order chi connectivity index (χ1) is 8.70. The van der Waals surface area contributed by atoms with Gasteiger partial charge in [0.2, 0.25) is 0 Å². The Morgan fingerprint density at radius 3 is 3.00 bits per heavy atom. The van der Waals surface area contributed by atoms with Crippen LogP contribution in [0.4, 0.5) is 0 Å². The summed E-state index contributed by atoms with van der Waals surface area (Å²) in [6.45, 7) is 4.18. The lowest BCUT2D eigenvalue weighted by molar-refractivity contribution is -0.148. The van der Waals surface area contributed by atoms with Crippen LogP contribution in [0, 0.1) is 12.8 Å². The Balaban J connectivity index is 2.05. The maximum Gasteiger partial charge on any atom is 0.309 e. The number of allylic oxidation sites excluding steroid dienone is 2. The van der Waals surface area contributed by atoms with Crippen LogP contribution < -0.4 is 0 Å². The summed E-state index contributed by atoms with van der Waals surface area (Å²) in [6.07, 6.45) is 6.34. The molecule has 18 heavy (non-hydrogen) atoms. The van der Waals surface area contributed by atoms with Crippen molar-refractivity contribution >= 4 is 11.5 Å². The van der Waals surface area contributed by atoms with Gasteiger partial charge in [0.15, 0.2) is 0 Å². The lowest BCUT2D eigenvalue weighted by Crippen LogP contribution is -2.19. The molecule has 4 nitrogen and oxygen atoms in total. The van der Waals surface area contributed by atoms with Gasteiger partial charge in [-0.15, -0.1) is 0 Å². The number of hydrogen-bond acceptors (Lipinski definition) is 4. The van der Waals surface area contributed by atoms with Crippen LogP contribution in [0.2, 0.25) is 0 Å². The Kier molecular flexibility index (Phi) is 4.07. The molecule has 1 aliphatic carbocycles. The molecule has 0 amide bonds. The van der Waals surface area contributed by atoms with Crippen molar-refractivity contribution in [2.75, 3.05) is 6.61 Å². The standard InChI is InChI=1S/C14H18N2O2/c1-3-18-14(17)12-6-4-11(5-7-12)13-8-9-15-10(2)16-13/h4,8-9,12H,3,5-7H2,1-2H3/t12-/m1/s1. The fourth-order valence-electron chi connectivity index (χ4n) is 2.18. The molecule has 1 atom stereocenters. The molecule has 0 aliphatic heterocycles. The summed E-state index contributed by atoms with van der Waals surface area (Å²) < 4.78 is 5.05. The maximum atomic E-state index is 11.6. The average Bonchev–Trinajstić information content (AvgIpc) is 2.39. The quantitative estimate of drug-likeness (QED) is 0.769. The van der Waals surface area contributed by atoms with Gasteiger partial charge in [0.1, 0.15) is 5.82 Å². The van der Waals surface area contributed by atoms with Gasteiger partial charge in [0, 0.05) is 6.20 Å². The number of carbonyl (C=O) groups excluding carboxylic acids is 1. The second kappa shape index (κ2) is 5.76. The minimum Gasteiger partial charge on any atom is -0.466 e. The number of carbonyl (C=O) groups is 1. The van der Waals surface area contributed by atoms with Crippen molar-refractivity contribution in [2.45, 2.75) is 33.1 Å². The van der Waals surface area contributed by atoms with Crippen molar-refractivity contribution in [3.63, 3.8) is 0 Å². The second-order valence-electron chi connectivity index (χ2n) is 4.44. The van der Waals surface area contributed by atoms with Crippen molar-refractivity contribution in [1.82, 2.24) is 9.97 Å². The van der Waals surface area contributed by atoms with Gasteiger partial charge in [-0.05, 0) is 44.7 Å². The summed E-state index contributed by atoms with van der Waals surface area (Å²) in [7, 11) is 0. The highest BCUT2D eigenvalue weighted by Gasteiger charge is 2.23. The number of aromatic nitrogens is 2. The third-order valence-corrected chi connectivity index (χ3v) is 3.14. The van der Waals surface area contributed by atoms with Gasteiger partial charge in [-0.3, -0.25) is 4.79 Å². The van der Waals surface area contributed by atoms with E-state index in [4.69, 9.17) is 4.74 Å². The van der Waals surface area contributed by atoms with Gasteiger partial charge >= 0.3 is 5.97 Å². The molecule has 1 aliphatic rings. The average molecular weight is 246 g/mol. The van der Waals surface area contributed by atoms with Crippen LogP contribution >= 0.6 is 0 Å². The first-order valence-electron chi connectivity index (χ1n) is 6.36. The van der Waals surface area contributed by atoms with E-state index in [0.29, 0.717) is 6.61 Å². The minimum absolute atomic E-state index is 0.0108. The monoisotopic (exact) mass is 246 g/mol. The SMILES string of the molecule is CCOC(=O)[C@@H]1CC=C(c2ccnc(C)n2)CC1. The van der Waals surface area contributed by atoms with Gasteiger partial charge in [0.25, 0.3) is 0 Å². The van der Waals surface area contributed by atoms with E-state index in [2.05, 4.69) is 16.0 Å². The summed E-state index contributed by atoms with van der Waals surface area (Å²) in [6, 6.07) is 1.92. The van der Waals surface area contributed by atoms with E-state index >= 15 is 0 Å². The van der Waals surface area contributed by atoms with E-state index in [1.807, 2.05) is 19.9 Å². The van der Waals surface area contributed by atoms with Gasteiger partial charge in [0.05, 0.1) is 18.2 Å². The lowest BCUT2D eigenvalue weighted by atomic mass is 9.88. The first-order valence-corrected chi connectivity index (χ1v) is 6.36. The Morgan fingerprint density at radius 1 is 1.56 bits per heavy atom. The molecule has 0 saturated carbocycles. The maximum absolute atomic E-state index is 11.6. The number of esters is 1. The number of rotatable bonds is 3. The molecule has 1 aromatic rings. The summed E-state index contributed by atoms with van der Waals surface area (Å²) >= 11 is 0. The molecule has 2 rings (SSSR count). The zero-order valence-electron chi connectivity index (χ0n) is 10.8. The van der Waals surface area contributed by atoms with Crippen molar-refractivity contribution in [2.24, 2.45) is 5.92 Å². The zero-order valence-corrected chi connectivity index (χ0v) is 10.8. The fraction of sp³-hybridized carbons (Fsp3) is 0.500. The van der Waals surface area contributed by atoms with Gasteiger partial charge in [-0.25, -0.2) is 9.97 Å². The Bertz CT molecular complexity index is 469. The van der Waals surface area contributed by atoms with Gasteiger partial charge in [-0.2, -0.15) is 0 Å². The molecule has 0 fully saturated rings. The fourth-order valence-corrected chi connectivity index (χ4v) is 2.18. The molecule has 0 aromatic carbocycles. The largest absolute Gasteiger partial charge is 0.466 e. The molecule has 1 aromatic heterocycles. The summed E-state index contributed by atoms with van der Waals surface area (Å²) in [4.78, 5) is 20.1. The molecule has 4 heteroatoms. The van der Waals surface area contributed by atoms with Crippen molar-refractivity contribution < 1.29 is 9.53 Å². The van der Waals surface area contributed by atoms with E-state index in [0.717, 1.165) is 30.8 Å². The van der Waals surface area contributed by atoms with Gasteiger partial charge < -0.3 is 4.74 Å². The highest BCUT2D eigenvalue weighted by molar-refractivity contribution is 5.75. The normalized spacial score (nSPS) is 19.2. The Labute approximate surface area is 107 Å². The number of nitrogens with zero attached hydrogens (tertiary/aromatic N) is 2. The van der Waals surface area contributed by atoms with Crippen LogP contribution in [0.25, 0.3) is 5.57 Å². The summed E-state index contributed by atoms with van der Waals surface area (Å²) in [5.41, 5.74) is 2.19. The smallest absolute Gasteiger partial charge is 0.309 e. The molecular weight excluding hydrogens is 228 g/mol. The molecule has 0 radical (unpaired) electrons. The van der Waals surface area contributed by atoms with Crippen LogP contribution in [0.3, 0.4) is 0 Å². The molecule has 1 heterocycles. The van der Waals surface area contributed by atoms with E-state index in [9.17, 15) is 4.79 Å². The Hall–Kier alpha value is -1.71. The van der Waals surface area contributed by atoms with Crippen LogP contribution in [0.5, 0.6) is 0 Å². The van der Waals surface area contributed by atoms with Crippen LogP contribution in [-0.2, 0) is 9.53 Å². The van der Waals surface area contributed by atoms with Crippen LogP contribution in [-0.4, -0.2) is 22.5 Å². The molecule has 0 bridgehead atoms. The zero-order chi connectivity index (χ0) is 13.0. The first kappa shape index (κ1) is 12.7. The predicted octanol–water partition coefficient (Wildman–Crippen LogP) is 2.53. The highest BCUT2D eigenvalue weighted by atomic mass is 16.5. The predicted molar refractivity (Wildman–Crippen MR) is 68.7 cm³/mol. The van der Waals surface area contributed by atoms with Crippen LogP contribution in [0.15, 0.2) is 18.3 Å². The summed E-state index contributed by atoms with van der Waals surface area (Å²) in [5.74, 6) is 0.712. The van der Waals surface area contributed by atoms with E-state index < -0.39 is 0 Å².